The Morgan fingerprint density at radius 3 is 2.61 bits per heavy atom. The van der Waals surface area contributed by atoms with Gasteiger partial charge in [0.1, 0.15) is 5.75 Å². The Morgan fingerprint density at radius 1 is 1.30 bits per heavy atom. The minimum atomic E-state index is -0.841. The number of hydrogen-bond donors (Lipinski definition) is 2. The van der Waals surface area contributed by atoms with Crippen LogP contribution < -0.4 is 10.1 Å². The number of benzene rings is 1. The van der Waals surface area contributed by atoms with Crippen molar-refractivity contribution >= 4 is 17.7 Å². The normalized spacial score (nSPS) is 20.9. The maximum atomic E-state index is 12.3. The molecule has 1 heterocycles. The maximum absolute atomic E-state index is 12.3. The molecule has 0 spiro atoms. The summed E-state index contributed by atoms with van der Waals surface area (Å²) < 4.78 is 5.50. The predicted octanol–water partition coefficient (Wildman–Crippen LogP) is 3.05. The number of amides is 2. The van der Waals surface area contributed by atoms with Gasteiger partial charge in [0.2, 0.25) is 0 Å². The largest absolute Gasteiger partial charge is 0.494 e. The third-order valence-corrected chi connectivity index (χ3v) is 3.87. The van der Waals surface area contributed by atoms with Crippen molar-refractivity contribution in [3.63, 3.8) is 0 Å². The van der Waals surface area contributed by atoms with E-state index < -0.39 is 11.9 Å². The summed E-state index contributed by atoms with van der Waals surface area (Å²) in [5.41, 5.74) is 0.670. The number of aliphatic carboxylic acids is 1. The van der Waals surface area contributed by atoms with E-state index in [0.29, 0.717) is 25.3 Å². The Kier molecular flexibility index (Phi) is 5.84. The zero-order chi connectivity index (χ0) is 16.8. The van der Waals surface area contributed by atoms with Crippen molar-refractivity contribution in [2.24, 2.45) is 11.8 Å². The molecule has 1 aliphatic heterocycles. The summed E-state index contributed by atoms with van der Waals surface area (Å²) in [5, 5.41) is 12.0. The monoisotopic (exact) mass is 320 g/mol. The van der Waals surface area contributed by atoms with E-state index in [2.05, 4.69) is 5.32 Å². The summed E-state index contributed by atoms with van der Waals surface area (Å²) in [4.78, 5) is 25.1. The lowest BCUT2D eigenvalue weighted by Gasteiger charge is -2.34. The fourth-order valence-corrected chi connectivity index (χ4v) is 2.75. The molecule has 0 bridgehead atoms. The number of ether oxygens (including phenoxy) is 1. The van der Waals surface area contributed by atoms with Crippen LogP contribution in [0.4, 0.5) is 10.5 Å². The summed E-state index contributed by atoms with van der Waals surface area (Å²) in [6.45, 7) is 5.50. The molecule has 1 aliphatic rings. The van der Waals surface area contributed by atoms with Crippen LogP contribution >= 0.6 is 0 Å². The Labute approximate surface area is 136 Å². The molecule has 6 heteroatoms. The molecule has 2 N–H and O–H groups in total. The Bertz CT molecular complexity index is 544. The molecular weight excluding hydrogens is 296 g/mol. The Balaban J connectivity index is 1.94. The smallest absolute Gasteiger partial charge is 0.321 e. The van der Waals surface area contributed by atoms with Gasteiger partial charge in [-0.1, -0.05) is 13.8 Å². The molecule has 126 valence electrons. The highest BCUT2D eigenvalue weighted by atomic mass is 16.5. The molecule has 6 nitrogen and oxygen atoms in total. The van der Waals surface area contributed by atoms with E-state index in [4.69, 9.17) is 4.74 Å². The summed E-state index contributed by atoms with van der Waals surface area (Å²) >= 11 is 0. The fraction of sp³-hybridized carbons (Fsp3) is 0.529. The van der Waals surface area contributed by atoms with Crippen LogP contribution in [-0.2, 0) is 4.79 Å². The zero-order valence-electron chi connectivity index (χ0n) is 13.6. The first-order chi connectivity index (χ1) is 11.0. The first-order valence-corrected chi connectivity index (χ1v) is 8.01. The number of rotatable bonds is 5. The highest BCUT2D eigenvalue weighted by Gasteiger charge is 2.31. The molecule has 2 atom stereocenters. The predicted molar refractivity (Wildman–Crippen MR) is 87.7 cm³/mol. The molecule has 0 aromatic heterocycles. The molecule has 1 aromatic rings. The van der Waals surface area contributed by atoms with Crippen molar-refractivity contribution < 1.29 is 19.4 Å². The average molecular weight is 320 g/mol. The van der Waals surface area contributed by atoms with Gasteiger partial charge < -0.3 is 20.1 Å². The molecule has 0 saturated carbocycles. The van der Waals surface area contributed by atoms with Crippen LogP contribution in [-0.4, -0.2) is 41.7 Å². The SMILES string of the molecule is CCCOc1ccc(NC(=O)N2CC(C)CC(C(=O)O)C2)cc1. The van der Waals surface area contributed by atoms with E-state index in [1.807, 2.05) is 26.0 Å². The second kappa shape index (κ2) is 7.85. The number of nitrogens with one attached hydrogen (secondary N) is 1. The number of carboxylic acid groups (broad SMARTS) is 1. The minimum Gasteiger partial charge on any atom is -0.494 e. The van der Waals surface area contributed by atoms with Crippen LogP contribution in [0.3, 0.4) is 0 Å². The standard InChI is InChI=1S/C17H24N2O4/c1-3-8-23-15-6-4-14(5-7-15)18-17(22)19-10-12(2)9-13(11-19)16(20)21/h4-7,12-13H,3,8-11H2,1-2H3,(H,18,22)(H,20,21). The summed E-state index contributed by atoms with van der Waals surface area (Å²) in [6.07, 6.45) is 1.55. The van der Waals surface area contributed by atoms with Gasteiger partial charge >= 0.3 is 12.0 Å². The summed E-state index contributed by atoms with van der Waals surface area (Å²) in [7, 11) is 0. The van der Waals surface area contributed by atoms with Crippen molar-refractivity contribution in [3.05, 3.63) is 24.3 Å². The van der Waals surface area contributed by atoms with E-state index in [1.54, 1.807) is 17.0 Å². The van der Waals surface area contributed by atoms with Gasteiger partial charge in [0, 0.05) is 18.8 Å². The lowest BCUT2D eigenvalue weighted by molar-refractivity contribution is -0.143. The van der Waals surface area contributed by atoms with Crippen molar-refractivity contribution in [2.75, 3.05) is 25.0 Å². The average Bonchev–Trinajstić information content (AvgIpc) is 2.53. The van der Waals surface area contributed by atoms with Crippen LogP contribution in [0.5, 0.6) is 5.75 Å². The van der Waals surface area contributed by atoms with E-state index in [1.165, 1.54) is 0 Å². The minimum absolute atomic E-state index is 0.181. The molecular formula is C17H24N2O4. The number of carbonyl (C=O) groups is 2. The third kappa shape index (κ3) is 4.87. The number of likely N-dealkylation sites (tertiary alicyclic amines) is 1. The quantitative estimate of drug-likeness (QED) is 0.874. The second-order valence-electron chi connectivity index (χ2n) is 6.08. The van der Waals surface area contributed by atoms with Gasteiger partial charge in [-0.3, -0.25) is 4.79 Å². The zero-order valence-corrected chi connectivity index (χ0v) is 13.6. The number of anilines is 1. The third-order valence-electron chi connectivity index (χ3n) is 3.87. The first kappa shape index (κ1) is 17.1. The van der Waals surface area contributed by atoms with Crippen molar-refractivity contribution in [1.29, 1.82) is 0 Å². The highest BCUT2D eigenvalue weighted by Crippen LogP contribution is 2.23. The molecule has 1 aromatic carbocycles. The van der Waals surface area contributed by atoms with Gasteiger partial charge in [-0.05, 0) is 43.0 Å². The Hall–Kier alpha value is -2.24. The molecule has 1 fully saturated rings. The van der Waals surface area contributed by atoms with E-state index in [-0.39, 0.29) is 18.5 Å². The molecule has 0 radical (unpaired) electrons. The number of carboxylic acids is 1. The lowest BCUT2D eigenvalue weighted by atomic mass is 9.91. The summed E-state index contributed by atoms with van der Waals surface area (Å²) in [6, 6.07) is 6.93. The molecule has 23 heavy (non-hydrogen) atoms. The van der Waals surface area contributed by atoms with Gasteiger partial charge in [-0.25, -0.2) is 4.79 Å². The molecule has 0 aliphatic carbocycles. The molecule has 2 rings (SSSR count). The molecule has 1 saturated heterocycles. The molecule has 2 unspecified atom stereocenters. The van der Waals surface area contributed by atoms with E-state index in [9.17, 15) is 14.7 Å². The maximum Gasteiger partial charge on any atom is 0.321 e. The van der Waals surface area contributed by atoms with Gasteiger partial charge in [-0.15, -0.1) is 0 Å². The van der Waals surface area contributed by atoms with Gasteiger partial charge in [0.25, 0.3) is 0 Å². The van der Waals surface area contributed by atoms with Crippen LogP contribution in [0.15, 0.2) is 24.3 Å². The number of nitrogens with zero attached hydrogens (tertiary/aromatic N) is 1. The van der Waals surface area contributed by atoms with Crippen LogP contribution in [0, 0.1) is 11.8 Å². The van der Waals surface area contributed by atoms with Crippen LogP contribution in [0.25, 0.3) is 0 Å². The number of piperidine rings is 1. The second-order valence-corrected chi connectivity index (χ2v) is 6.08. The van der Waals surface area contributed by atoms with E-state index in [0.717, 1.165) is 12.2 Å². The van der Waals surface area contributed by atoms with Crippen LogP contribution in [0.1, 0.15) is 26.7 Å². The van der Waals surface area contributed by atoms with Crippen molar-refractivity contribution in [1.82, 2.24) is 4.90 Å². The fourth-order valence-electron chi connectivity index (χ4n) is 2.75. The lowest BCUT2D eigenvalue weighted by Crippen LogP contribution is -2.47. The number of urea groups is 1. The van der Waals surface area contributed by atoms with Gasteiger partial charge in [0.15, 0.2) is 0 Å². The van der Waals surface area contributed by atoms with Gasteiger partial charge in [0.05, 0.1) is 12.5 Å². The van der Waals surface area contributed by atoms with Crippen molar-refractivity contribution in [2.45, 2.75) is 26.7 Å². The van der Waals surface area contributed by atoms with E-state index >= 15 is 0 Å². The van der Waals surface area contributed by atoms with Crippen LogP contribution in [0.2, 0.25) is 0 Å². The first-order valence-electron chi connectivity index (χ1n) is 8.01. The number of carbonyl (C=O) groups excluding carboxylic acids is 1. The highest BCUT2D eigenvalue weighted by molar-refractivity contribution is 5.89. The summed E-state index contributed by atoms with van der Waals surface area (Å²) in [5.74, 6) is -0.385. The molecule has 2 amide bonds. The number of hydrogen-bond acceptors (Lipinski definition) is 3. The topological polar surface area (TPSA) is 78.9 Å². The Morgan fingerprint density at radius 2 is 2.00 bits per heavy atom. The van der Waals surface area contributed by atoms with Crippen molar-refractivity contribution in [3.8, 4) is 5.75 Å². The van der Waals surface area contributed by atoms with Gasteiger partial charge in [-0.2, -0.15) is 0 Å².